The van der Waals surface area contributed by atoms with E-state index in [2.05, 4.69) is 15.3 Å². The van der Waals surface area contributed by atoms with Crippen molar-refractivity contribution in [2.24, 2.45) is 11.0 Å². The lowest BCUT2D eigenvalue weighted by molar-refractivity contribution is -0.134. The second-order valence-corrected chi connectivity index (χ2v) is 4.60. The molecule has 0 aromatic heterocycles. The van der Waals surface area contributed by atoms with Crippen LogP contribution >= 0.6 is 0 Å². The number of hydrogen-bond donors (Lipinski definition) is 2. The summed E-state index contributed by atoms with van der Waals surface area (Å²) in [5.74, 6) is -1.45. The first kappa shape index (κ1) is 13.5. The number of aliphatic hydroxyl groups excluding tert-OH is 1. The molecule has 2 aliphatic heterocycles. The Balaban J connectivity index is 2.17. The van der Waals surface area contributed by atoms with Gasteiger partial charge in [0, 0.05) is 10.5 Å². The van der Waals surface area contributed by atoms with Gasteiger partial charge in [0.15, 0.2) is 0 Å². The molecule has 1 saturated heterocycles. The quantitative estimate of drug-likeness (QED) is 0.323. The van der Waals surface area contributed by atoms with Crippen molar-refractivity contribution in [2.45, 2.75) is 31.6 Å². The molecule has 0 aliphatic carbocycles. The van der Waals surface area contributed by atoms with Crippen LogP contribution in [-0.2, 0) is 14.3 Å². The lowest BCUT2D eigenvalue weighted by Crippen LogP contribution is -2.44. The van der Waals surface area contributed by atoms with Gasteiger partial charge in [0.25, 0.3) is 5.91 Å². The average Bonchev–Trinajstić information content (AvgIpc) is 2.77. The number of hydrogen-bond acceptors (Lipinski definition) is 5. The lowest BCUT2D eigenvalue weighted by atomic mass is 9.92. The van der Waals surface area contributed by atoms with Crippen molar-refractivity contribution in [1.82, 2.24) is 5.32 Å². The zero-order valence-corrected chi connectivity index (χ0v) is 10.3. The van der Waals surface area contributed by atoms with Gasteiger partial charge < -0.3 is 9.84 Å². The van der Waals surface area contributed by atoms with E-state index in [4.69, 9.17) is 15.4 Å². The molecule has 1 unspecified atom stereocenters. The average molecular weight is 266 g/mol. The molecule has 2 rings (SSSR count). The second-order valence-electron chi connectivity index (χ2n) is 4.60. The smallest absolute Gasteiger partial charge is 0.253 e. The minimum absolute atomic E-state index is 0.282. The van der Waals surface area contributed by atoms with Gasteiger partial charge in [-0.15, -0.1) is 0 Å². The molecule has 0 aromatic carbocycles. The van der Waals surface area contributed by atoms with Crippen LogP contribution < -0.4 is 5.32 Å². The molecule has 2 amide bonds. The van der Waals surface area contributed by atoms with Gasteiger partial charge in [-0.3, -0.25) is 14.9 Å². The van der Waals surface area contributed by atoms with Gasteiger partial charge in [0.2, 0.25) is 5.91 Å². The van der Waals surface area contributed by atoms with Crippen LogP contribution in [0.3, 0.4) is 0 Å². The fourth-order valence-electron chi connectivity index (χ4n) is 2.34. The van der Waals surface area contributed by atoms with E-state index in [1.807, 2.05) is 0 Å². The monoisotopic (exact) mass is 266 g/mol. The first-order valence-corrected chi connectivity index (χ1v) is 5.91. The summed E-state index contributed by atoms with van der Waals surface area (Å²) in [7, 11) is 0. The Morgan fingerprint density at radius 2 is 2.37 bits per heavy atom. The predicted octanol–water partition coefficient (Wildman–Crippen LogP) is 0.0340. The molecule has 2 aliphatic rings. The molecule has 0 bridgehead atoms. The summed E-state index contributed by atoms with van der Waals surface area (Å²) in [5, 5.41) is 15.0. The number of rotatable bonds is 3. The van der Waals surface area contributed by atoms with E-state index in [9.17, 15) is 9.59 Å². The van der Waals surface area contributed by atoms with Crippen LogP contribution in [0.15, 0.2) is 16.8 Å². The van der Waals surface area contributed by atoms with Gasteiger partial charge in [-0.05, 0) is 18.9 Å². The van der Waals surface area contributed by atoms with Gasteiger partial charge in [-0.25, -0.2) is 0 Å². The molecule has 8 nitrogen and oxygen atoms in total. The van der Waals surface area contributed by atoms with E-state index in [0.717, 1.165) is 0 Å². The second kappa shape index (κ2) is 5.40. The predicted molar refractivity (Wildman–Crippen MR) is 63.7 cm³/mol. The van der Waals surface area contributed by atoms with Crippen LogP contribution in [0.1, 0.15) is 13.3 Å². The van der Waals surface area contributed by atoms with Crippen molar-refractivity contribution < 1.29 is 19.4 Å². The zero-order chi connectivity index (χ0) is 14.0. The number of amides is 2. The van der Waals surface area contributed by atoms with Crippen molar-refractivity contribution in [2.75, 3.05) is 6.61 Å². The summed E-state index contributed by atoms with van der Waals surface area (Å²) in [6.07, 6.45) is 0.778. The highest BCUT2D eigenvalue weighted by Crippen LogP contribution is 2.30. The number of ether oxygens (including phenoxy) is 1. The Morgan fingerprint density at radius 3 is 3.00 bits per heavy atom. The Morgan fingerprint density at radius 1 is 1.63 bits per heavy atom. The molecule has 0 spiro atoms. The molecule has 1 fully saturated rings. The van der Waals surface area contributed by atoms with E-state index in [1.54, 1.807) is 13.0 Å². The summed E-state index contributed by atoms with van der Waals surface area (Å²) in [5.41, 5.74) is 8.90. The largest absolute Gasteiger partial charge is 0.394 e. The molecular weight excluding hydrogens is 252 g/mol. The lowest BCUT2D eigenvalue weighted by Gasteiger charge is -2.23. The van der Waals surface area contributed by atoms with Gasteiger partial charge >= 0.3 is 0 Å². The van der Waals surface area contributed by atoms with Crippen molar-refractivity contribution in [1.29, 1.82) is 0 Å². The van der Waals surface area contributed by atoms with Gasteiger partial charge in [0.05, 0.1) is 30.8 Å². The summed E-state index contributed by atoms with van der Waals surface area (Å²) >= 11 is 0. The zero-order valence-electron chi connectivity index (χ0n) is 10.3. The molecule has 102 valence electrons. The molecule has 8 heteroatoms. The van der Waals surface area contributed by atoms with Crippen LogP contribution in [0, 0.1) is 5.92 Å². The van der Waals surface area contributed by atoms with Crippen LogP contribution in [-0.4, -0.2) is 41.8 Å². The first-order valence-electron chi connectivity index (χ1n) is 5.91. The van der Waals surface area contributed by atoms with E-state index in [0.29, 0.717) is 12.0 Å². The van der Waals surface area contributed by atoms with Gasteiger partial charge in [-0.2, -0.15) is 0 Å². The van der Waals surface area contributed by atoms with E-state index >= 15 is 0 Å². The van der Waals surface area contributed by atoms with Crippen LogP contribution in [0.5, 0.6) is 0 Å². The molecule has 0 aromatic rings. The Bertz CT molecular complexity index is 483. The van der Waals surface area contributed by atoms with E-state index in [-0.39, 0.29) is 6.61 Å². The number of azide groups is 1. The Labute approximate surface area is 109 Å². The summed E-state index contributed by atoms with van der Waals surface area (Å²) in [6.45, 7) is 1.33. The van der Waals surface area contributed by atoms with Gasteiger partial charge in [-0.1, -0.05) is 11.2 Å². The number of imide groups is 1. The minimum atomic E-state index is -0.611. The fraction of sp³-hybridized carbons (Fsp3) is 0.636. The van der Waals surface area contributed by atoms with Crippen LogP contribution in [0.2, 0.25) is 0 Å². The topological polar surface area (TPSA) is 124 Å². The third-order valence-corrected chi connectivity index (χ3v) is 3.36. The summed E-state index contributed by atoms with van der Waals surface area (Å²) in [6, 6.07) is -0.501. The van der Waals surface area contributed by atoms with Crippen molar-refractivity contribution >= 4 is 11.8 Å². The number of nitrogens with zero attached hydrogens (tertiary/aromatic N) is 3. The maximum absolute atomic E-state index is 11.8. The van der Waals surface area contributed by atoms with Crippen LogP contribution in [0.4, 0.5) is 0 Å². The van der Waals surface area contributed by atoms with Crippen molar-refractivity contribution in [3.05, 3.63) is 22.1 Å². The third kappa shape index (κ3) is 2.60. The highest BCUT2D eigenvalue weighted by atomic mass is 16.5. The highest BCUT2D eigenvalue weighted by Gasteiger charge is 2.42. The maximum atomic E-state index is 11.8. The number of carbonyl (C=O) groups is 2. The number of carbonyl (C=O) groups excluding carboxylic acids is 2. The van der Waals surface area contributed by atoms with Crippen LogP contribution in [0.25, 0.3) is 10.4 Å². The molecule has 0 radical (unpaired) electrons. The highest BCUT2D eigenvalue weighted by molar-refractivity contribution is 6.08. The normalized spacial score (nSPS) is 34.5. The molecule has 4 atom stereocenters. The molecule has 2 heterocycles. The summed E-state index contributed by atoms with van der Waals surface area (Å²) < 4.78 is 5.54. The molecule has 2 N–H and O–H groups in total. The summed E-state index contributed by atoms with van der Waals surface area (Å²) in [4.78, 5) is 25.8. The van der Waals surface area contributed by atoms with Crippen molar-refractivity contribution in [3.8, 4) is 0 Å². The minimum Gasteiger partial charge on any atom is -0.394 e. The number of aliphatic hydroxyl groups is 1. The fourth-order valence-corrected chi connectivity index (χ4v) is 2.34. The van der Waals surface area contributed by atoms with Crippen molar-refractivity contribution in [3.63, 3.8) is 0 Å². The SMILES string of the molecule is CC1=CC([C@H]2C[C@@H](N=[N+]=[N-])[C@@H](CO)O2)C(=O)NC1=O. The first-order chi connectivity index (χ1) is 9.06. The van der Waals surface area contributed by atoms with E-state index < -0.39 is 36.0 Å². The Hall–Kier alpha value is -1.89. The maximum Gasteiger partial charge on any atom is 0.253 e. The molecule has 0 saturated carbocycles. The standard InChI is InChI=1S/C11H14N4O4/c1-5-2-6(11(18)13-10(5)17)8-3-7(14-15-12)9(4-16)19-8/h2,6-9,16H,3-4H2,1H3,(H,13,17,18)/t6?,7-,8-,9-/m1/s1. The molecular formula is C11H14N4O4. The Kier molecular flexibility index (Phi) is 3.84. The molecule has 19 heavy (non-hydrogen) atoms. The third-order valence-electron chi connectivity index (χ3n) is 3.36. The van der Waals surface area contributed by atoms with E-state index in [1.165, 1.54) is 0 Å². The number of nitrogens with one attached hydrogen (secondary N) is 1. The van der Waals surface area contributed by atoms with Gasteiger partial charge in [0.1, 0.15) is 0 Å².